The van der Waals surface area contributed by atoms with Crippen molar-refractivity contribution in [2.45, 2.75) is 33.7 Å². The van der Waals surface area contributed by atoms with Crippen LogP contribution in [-0.4, -0.2) is 24.1 Å². The average molecular weight is 358 g/mol. The molecule has 0 spiro atoms. The Hall–Kier alpha value is -2.76. The zero-order chi connectivity index (χ0) is 18.9. The first-order chi connectivity index (χ1) is 12.5. The molecule has 0 unspecified atom stereocenters. The van der Waals surface area contributed by atoms with Gasteiger partial charge in [-0.3, -0.25) is 9.59 Å². The fraction of sp³-hybridized carbons (Fsp3) is 0.400. The number of aromatic amines is 1. The highest BCUT2D eigenvalue weighted by Gasteiger charge is 2.06. The van der Waals surface area contributed by atoms with E-state index < -0.39 is 0 Å². The molecule has 140 valence electrons. The van der Waals surface area contributed by atoms with Crippen LogP contribution in [0.5, 0.6) is 11.5 Å². The molecular formula is C20H26N2O4. The molecule has 0 saturated heterocycles. The number of amides is 1. The second-order valence-electron chi connectivity index (χ2n) is 6.45. The topological polar surface area (TPSA) is 80.4 Å². The van der Waals surface area contributed by atoms with E-state index in [1.807, 2.05) is 38.1 Å². The van der Waals surface area contributed by atoms with Crippen LogP contribution < -0.4 is 20.2 Å². The van der Waals surface area contributed by atoms with Gasteiger partial charge in [-0.25, -0.2) is 0 Å². The van der Waals surface area contributed by atoms with E-state index >= 15 is 0 Å². The molecule has 0 aliphatic heterocycles. The number of aromatic nitrogens is 1. The van der Waals surface area contributed by atoms with Gasteiger partial charge in [0.15, 0.2) is 12.4 Å². The van der Waals surface area contributed by atoms with Crippen molar-refractivity contribution in [3.63, 3.8) is 0 Å². The molecular weight excluding hydrogens is 332 g/mol. The molecule has 1 aromatic heterocycles. The van der Waals surface area contributed by atoms with Crippen molar-refractivity contribution >= 4 is 5.91 Å². The summed E-state index contributed by atoms with van der Waals surface area (Å²) in [5.74, 6) is 1.02. The van der Waals surface area contributed by atoms with Gasteiger partial charge >= 0.3 is 0 Å². The fourth-order valence-electron chi connectivity index (χ4n) is 2.19. The monoisotopic (exact) mass is 358 g/mol. The number of H-pyrrole nitrogens is 1. The summed E-state index contributed by atoms with van der Waals surface area (Å²) < 4.78 is 10.9. The molecule has 2 N–H and O–H groups in total. The minimum absolute atomic E-state index is 0.0781. The van der Waals surface area contributed by atoms with Crippen molar-refractivity contribution < 1.29 is 14.3 Å². The second kappa shape index (κ2) is 9.65. The molecule has 6 nitrogen and oxygen atoms in total. The molecule has 0 aliphatic rings. The Morgan fingerprint density at radius 3 is 2.54 bits per heavy atom. The second-order valence-corrected chi connectivity index (χ2v) is 6.45. The summed E-state index contributed by atoms with van der Waals surface area (Å²) in [6, 6.07) is 9.07. The van der Waals surface area contributed by atoms with Gasteiger partial charge in [0.2, 0.25) is 5.43 Å². The highest BCUT2D eigenvalue weighted by molar-refractivity contribution is 5.77. The maximum atomic E-state index is 12.0. The smallest absolute Gasteiger partial charge is 0.258 e. The standard InChI is InChI=1S/C20H26N2O4/c1-4-15-5-7-17(8-6-15)25-13-20(24)22-10-16-9-18(23)19(11-21-16)26-12-14(2)3/h5-9,11,14H,4,10,12-13H2,1-3H3,(H,21,23)(H,22,24). The molecule has 26 heavy (non-hydrogen) atoms. The van der Waals surface area contributed by atoms with Gasteiger partial charge in [-0.15, -0.1) is 0 Å². The quantitative estimate of drug-likeness (QED) is 0.722. The number of nitrogens with one attached hydrogen (secondary N) is 2. The number of ether oxygens (including phenoxy) is 2. The van der Waals surface area contributed by atoms with Crippen molar-refractivity contribution in [3.8, 4) is 11.5 Å². The zero-order valence-electron chi connectivity index (χ0n) is 15.5. The first kappa shape index (κ1) is 19.6. The zero-order valence-corrected chi connectivity index (χ0v) is 15.5. The SMILES string of the molecule is CCc1ccc(OCC(=O)NCc2cc(=O)c(OCC(C)C)c[nH]2)cc1. The summed E-state index contributed by atoms with van der Waals surface area (Å²) in [5, 5.41) is 2.71. The fourth-order valence-corrected chi connectivity index (χ4v) is 2.19. The summed E-state index contributed by atoms with van der Waals surface area (Å²) in [6.45, 7) is 6.73. The first-order valence-corrected chi connectivity index (χ1v) is 8.80. The maximum Gasteiger partial charge on any atom is 0.258 e. The molecule has 0 bridgehead atoms. The molecule has 0 fully saturated rings. The lowest BCUT2D eigenvalue weighted by Gasteiger charge is -2.10. The highest BCUT2D eigenvalue weighted by Crippen LogP contribution is 2.12. The van der Waals surface area contributed by atoms with Crippen LogP contribution >= 0.6 is 0 Å². The Morgan fingerprint density at radius 1 is 1.19 bits per heavy atom. The summed E-state index contributed by atoms with van der Waals surface area (Å²) in [5.41, 5.74) is 1.61. The number of carbonyl (C=O) groups is 1. The van der Waals surface area contributed by atoms with Gasteiger partial charge in [0.05, 0.1) is 13.2 Å². The molecule has 2 aromatic rings. The lowest BCUT2D eigenvalue weighted by Crippen LogP contribution is -2.29. The third-order valence-corrected chi connectivity index (χ3v) is 3.69. The molecule has 1 amide bonds. The lowest BCUT2D eigenvalue weighted by atomic mass is 10.2. The van der Waals surface area contributed by atoms with E-state index in [9.17, 15) is 9.59 Å². The van der Waals surface area contributed by atoms with Gasteiger partial charge in [-0.2, -0.15) is 0 Å². The highest BCUT2D eigenvalue weighted by atomic mass is 16.5. The predicted octanol–water partition coefficient (Wildman–Crippen LogP) is 2.67. The van der Waals surface area contributed by atoms with E-state index in [1.54, 1.807) is 0 Å². The van der Waals surface area contributed by atoms with Crippen molar-refractivity contribution in [2.24, 2.45) is 5.92 Å². The van der Waals surface area contributed by atoms with Gasteiger partial charge in [-0.05, 0) is 30.0 Å². The third kappa shape index (κ3) is 6.27. The van der Waals surface area contributed by atoms with E-state index in [1.165, 1.54) is 17.8 Å². The molecule has 6 heteroatoms. The van der Waals surface area contributed by atoms with E-state index in [-0.39, 0.29) is 30.2 Å². The number of aryl methyl sites for hydroxylation is 1. The van der Waals surface area contributed by atoms with E-state index in [0.29, 0.717) is 24.0 Å². The molecule has 0 aliphatic carbocycles. The van der Waals surface area contributed by atoms with Gasteiger partial charge in [0, 0.05) is 18.0 Å². The Kier molecular flexibility index (Phi) is 7.26. The third-order valence-electron chi connectivity index (χ3n) is 3.69. The van der Waals surface area contributed by atoms with Crippen LogP contribution in [0, 0.1) is 5.92 Å². The Morgan fingerprint density at radius 2 is 1.92 bits per heavy atom. The minimum atomic E-state index is -0.259. The number of hydrogen-bond acceptors (Lipinski definition) is 4. The normalized spacial score (nSPS) is 10.6. The van der Waals surface area contributed by atoms with Gasteiger partial charge < -0.3 is 19.8 Å². The number of rotatable bonds is 9. The summed E-state index contributed by atoms with van der Waals surface area (Å²) >= 11 is 0. The molecule has 0 atom stereocenters. The number of benzene rings is 1. The van der Waals surface area contributed by atoms with Crippen LogP contribution in [0.3, 0.4) is 0 Å². The molecule has 2 rings (SSSR count). The lowest BCUT2D eigenvalue weighted by molar-refractivity contribution is -0.123. The largest absolute Gasteiger partial charge is 0.488 e. The molecule has 0 radical (unpaired) electrons. The van der Waals surface area contributed by atoms with Crippen LogP contribution in [-0.2, 0) is 17.8 Å². The van der Waals surface area contributed by atoms with Crippen molar-refractivity contribution in [3.05, 3.63) is 58.0 Å². The predicted molar refractivity (Wildman–Crippen MR) is 101 cm³/mol. The molecule has 1 heterocycles. The summed E-state index contributed by atoms with van der Waals surface area (Å²) in [6.07, 6.45) is 2.48. The number of carbonyl (C=O) groups excluding carboxylic acids is 1. The molecule has 1 aromatic carbocycles. The summed E-state index contributed by atoms with van der Waals surface area (Å²) in [4.78, 5) is 26.8. The van der Waals surface area contributed by atoms with Crippen molar-refractivity contribution in [1.82, 2.24) is 10.3 Å². The van der Waals surface area contributed by atoms with Gasteiger partial charge in [0.25, 0.3) is 5.91 Å². The van der Waals surface area contributed by atoms with Crippen LogP contribution in [0.4, 0.5) is 0 Å². The van der Waals surface area contributed by atoms with Gasteiger partial charge in [0.1, 0.15) is 5.75 Å². The van der Waals surface area contributed by atoms with Crippen LogP contribution in [0.25, 0.3) is 0 Å². The number of pyridine rings is 1. The van der Waals surface area contributed by atoms with Crippen molar-refractivity contribution in [1.29, 1.82) is 0 Å². The number of hydrogen-bond donors (Lipinski definition) is 2. The maximum absolute atomic E-state index is 12.0. The van der Waals surface area contributed by atoms with Crippen LogP contribution in [0.1, 0.15) is 32.0 Å². The van der Waals surface area contributed by atoms with E-state index in [2.05, 4.69) is 17.2 Å². The Labute approximate surface area is 153 Å². The average Bonchev–Trinajstić information content (AvgIpc) is 2.64. The van der Waals surface area contributed by atoms with E-state index in [0.717, 1.165) is 6.42 Å². The molecule has 0 saturated carbocycles. The van der Waals surface area contributed by atoms with Crippen LogP contribution in [0.15, 0.2) is 41.3 Å². The summed E-state index contributed by atoms with van der Waals surface area (Å²) in [7, 11) is 0. The van der Waals surface area contributed by atoms with Gasteiger partial charge in [-0.1, -0.05) is 32.9 Å². The van der Waals surface area contributed by atoms with E-state index in [4.69, 9.17) is 9.47 Å². The minimum Gasteiger partial charge on any atom is -0.488 e. The Bertz CT molecular complexity index is 766. The first-order valence-electron chi connectivity index (χ1n) is 8.80. The van der Waals surface area contributed by atoms with Crippen LogP contribution in [0.2, 0.25) is 0 Å². The Balaban J connectivity index is 1.79. The van der Waals surface area contributed by atoms with Crippen molar-refractivity contribution in [2.75, 3.05) is 13.2 Å².